The van der Waals surface area contributed by atoms with Crippen LogP contribution in [0, 0.1) is 11.3 Å². The normalized spacial score (nSPS) is 10.2. The van der Waals surface area contributed by atoms with Crippen molar-refractivity contribution in [2.24, 2.45) is 0 Å². The highest BCUT2D eigenvalue weighted by atomic mass is 16.2. The van der Waals surface area contributed by atoms with Crippen LogP contribution in [0.2, 0.25) is 0 Å². The number of aromatic nitrogens is 1. The number of nitrogens with one attached hydrogen (secondary N) is 1. The summed E-state index contributed by atoms with van der Waals surface area (Å²) in [6.45, 7) is 7.22. The molecule has 0 unspecified atom stereocenters. The summed E-state index contributed by atoms with van der Waals surface area (Å²) in [5, 5.41) is 11.9. The molecule has 0 bridgehead atoms. The molecule has 0 radical (unpaired) electrons. The largest absolute Gasteiger partial charge is 0.383 e. The van der Waals surface area contributed by atoms with Gasteiger partial charge in [0.1, 0.15) is 0 Å². The van der Waals surface area contributed by atoms with E-state index in [-0.39, 0.29) is 11.9 Å². The second-order valence-corrected chi connectivity index (χ2v) is 4.85. The molecule has 0 aliphatic carbocycles. The van der Waals surface area contributed by atoms with E-state index in [4.69, 9.17) is 5.26 Å². The number of rotatable bonds is 7. The smallest absolute Gasteiger partial charge is 0.256 e. The second-order valence-electron chi connectivity index (χ2n) is 4.85. The standard InChI is InChI=1S/C15H22N4O/c1-4-8-18-14-11-17-9-6-13(14)15(20)19(12(2)3)10-5-7-16/h6,9,11-12,18H,4-5,8,10H2,1-3H3. The molecule has 20 heavy (non-hydrogen) atoms. The van der Waals surface area contributed by atoms with E-state index in [1.807, 2.05) is 13.8 Å². The predicted molar refractivity (Wildman–Crippen MR) is 79.4 cm³/mol. The molecule has 1 heterocycles. The Labute approximate surface area is 120 Å². The van der Waals surface area contributed by atoms with Gasteiger partial charge >= 0.3 is 0 Å². The van der Waals surface area contributed by atoms with Crippen LogP contribution in [0.25, 0.3) is 0 Å². The number of nitrogens with zero attached hydrogens (tertiary/aromatic N) is 3. The Hall–Kier alpha value is -2.09. The monoisotopic (exact) mass is 274 g/mol. The minimum Gasteiger partial charge on any atom is -0.383 e. The lowest BCUT2D eigenvalue weighted by Crippen LogP contribution is -2.38. The van der Waals surface area contributed by atoms with Crippen LogP contribution in [-0.4, -0.2) is 34.9 Å². The second kappa shape index (κ2) is 8.16. The maximum Gasteiger partial charge on any atom is 0.256 e. The number of carbonyl (C=O) groups is 1. The van der Waals surface area contributed by atoms with Crippen LogP contribution in [0.4, 0.5) is 5.69 Å². The van der Waals surface area contributed by atoms with Crippen molar-refractivity contribution in [3.8, 4) is 6.07 Å². The lowest BCUT2D eigenvalue weighted by molar-refractivity contribution is 0.0711. The molecule has 1 aromatic rings. The Morgan fingerprint density at radius 2 is 2.30 bits per heavy atom. The molecule has 1 N–H and O–H groups in total. The lowest BCUT2D eigenvalue weighted by atomic mass is 10.1. The first-order valence-electron chi connectivity index (χ1n) is 6.97. The van der Waals surface area contributed by atoms with E-state index >= 15 is 0 Å². The van der Waals surface area contributed by atoms with E-state index in [0.717, 1.165) is 18.7 Å². The van der Waals surface area contributed by atoms with Gasteiger partial charge in [-0.05, 0) is 26.3 Å². The van der Waals surface area contributed by atoms with Crippen LogP contribution in [0.1, 0.15) is 44.0 Å². The lowest BCUT2D eigenvalue weighted by Gasteiger charge is -2.26. The van der Waals surface area contributed by atoms with Gasteiger partial charge in [-0.15, -0.1) is 0 Å². The Morgan fingerprint density at radius 1 is 1.55 bits per heavy atom. The highest BCUT2D eigenvalue weighted by Gasteiger charge is 2.20. The summed E-state index contributed by atoms with van der Waals surface area (Å²) in [6, 6.07) is 3.87. The Bertz CT molecular complexity index is 479. The van der Waals surface area contributed by atoms with Crippen molar-refractivity contribution in [3.63, 3.8) is 0 Å². The molecular formula is C15H22N4O. The quantitative estimate of drug-likeness (QED) is 0.830. The van der Waals surface area contributed by atoms with Crippen LogP contribution >= 0.6 is 0 Å². The van der Waals surface area contributed by atoms with Gasteiger partial charge in [-0.3, -0.25) is 9.78 Å². The molecule has 1 amide bonds. The first kappa shape index (κ1) is 16.0. The van der Waals surface area contributed by atoms with Crippen LogP contribution in [0.15, 0.2) is 18.5 Å². The molecule has 0 spiro atoms. The number of amides is 1. The van der Waals surface area contributed by atoms with Gasteiger partial charge in [0.15, 0.2) is 0 Å². The average Bonchev–Trinajstić information content (AvgIpc) is 2.45. The van der Waals surface area contributed by atoms with Crippen LogP contribution < -0.4 is 5.32 Å². The van der Waals surface area contributed by atoms with Crippen molar-refractivity contribution in [2.45, 2.75) is 39.7 Å². The average molecular weight is 274 g/mol. The van der Waals surface area contributed by atoms with Gasteiger partial charge in [0.25, 0.3) is 5.91 Å². The maximum atomic E-state index is 12.6. The van der Waals surface area contributed by atoms with E-state index in [9.17, 15) is 4.79 Å². The van der Waals surface area contributed by atoms with Crippen molar-refractivity contribution in [2.75, 3.05) is 18.4 Å². The van der Waals surface area contributed by atoms with Crippen LogP contribution in [-0.2, 0) is 0 Å². The number of pyridine rings is 1. The summed E-state index contributed by atoms with van der Waals surface area (Å²) in [6.07, 6.45) is 4.61. The topological polar surface area (TPSA) is 69.0 Å². The zero-order valence-electron chi connectivity index (χ0n) is 12.4. The number of anilines is 1. The fourth-order valence-electron chi connectivity index (χ4n) is 1.90. The highest BCUT2D eigenvalue weighted by molar-refractivity contribution is 5.99. The van der Waals surface area contributed by atoms with Crippen molar-refractivity contribution in [3.05, 3.63) is 24.0 Å². The molecule has 5 heteroatoms. The van der Waals surface area contributed by atoms with Crippen molar-refractivity contribution in [1.29, 1.82) is 5.26 Å². The fraction of sp³-hybridized carbons (Fsp3) is 0.533. The van der Waals surface area contributed by atoms with Gasteiger partial charge in [-0.25, -0.2) is 0 Å². The molecule has 0 aliphatic heterocycles. The van der Waals surface area contributed by atoms with Gasteiger partial charge in [0.2, 0.25) is 0 Å². The van der Waals surface area contributed by atoms with E-state index in [2.05, 4.69) is 23.3 Å². The summed E-state index contributed by atoms with van der Waals surface area (Å²) >= 11 is 0. The number of hydrogen-bond acceptors (Lipinski definition) is 4. The maximum absolute atomic E-state index is 12.6. The zero-order chi connectivity index (χ0) is 15.0. The summed E-state index contributed by atoms with van der Waals surface area (Å²) in [7, 11) is 0. The van der Waals surface area contributed by atoms with Gasteiger partial charge < -0.3 is 10.2 Å². The van der Waals surface area contributed by atoms with Gasteiger partial charge in [0.05, 0.1) is 29.9 Å². The number of carbonyl (C=O) groups excluding carboxylic acids is 1. The van der Waals surface area contributed by atoms with Crippen molar-refractivity contribution >= 4 is 11.6 Å². The molecule has 5 nitrogen and oxygen atoms in total. The molecule has 1 aromatic heterocycles. The molecule has 1 rings (SSSR count). The third kappa shape index (κ3) is 4.23. The van der Waals surface area contributed by atoms with E-state index in [0.29, 0.717) is 18.5 Å². The third-order valence-electron chi connectivity index (χ3n) is 2.97. The van der Waals surface area contributed by atoms with Crippen LogP contribution in [0.5, 0.6) is 0 Å². The van der Waals surface area contributed by atoms with Gasteiger partial charge in [-0.1, -0.05) is 6.92 Å². The molecule has 0 aliphatic rings. The zero-order valence-corrected chi connectivity index (χ0v) is 12.4. The fourth-order valence-corrected chi connectivity index (χ4v) is 1.90. The number of nitriles is 1. The molecule has 0 aromatic carbocycles. The van der Waals surface area contributed by atoms with E-state index in [1.165, 1.54) is 0 Å². The van der Waals surface area contributed by atoms with Gasteiger partial charge in [-0.2, -0.15) is 5.26 Å². The Morgan fingerprint density at radius 3 is 2.90 bits per heavy atom. The Kier molecular flexibility index (Phi) is 6.51. The van der Waals surface area contributed by atoms with E-state index < -0.39 is 0 Å². The minimum absolute atomic E-state index is 0.0584. The van der Waals surface area contributed by atoms with Crippen LogP contribution in [0.3, 0.4) is 0 Å². The first-order chi connectivity index (χ1) is 9.61. The van der Waals surface area contributed by atoms with E-state index in [1.54, 1.807) is 23.4 Å². The van der Waals surface area contributed by atoms with Gasteiger partial charge in [0, 0.05) is 25.3 Å². The Balaban J connectivity index is 2.96. The van der Waals surface area contributed by atoms with Crippen molar-refractivity contribution in [1.82, 2.24) is 9.88 Å². The third-order valence-corrected chi connectivity index (χ3v) is 2.97. The molecule has 0 atom stereocenters. The number of hydrogen-bond donors (Lipinski definition) is 1. The summed E-state index contributed by atoms with van der Waals surface area (Å²) in [5.41, 5.74) is 1.36. The SMILES string of the molecule is CCCNc1cnccc1C(=O)N(CCC#N)C(C)C. The predicted octanol–water partition coefficient (Wildman–Crippen LogP) is 2.67. The summed E-state index contributed by atoms with van der Waals surface area (Å²) < 4.78 is 0. The summed E-state index contributed by atoms with van der Waals surface area (Å²) in [4.78, 5) is 18.4. The molecule has 108 valence electrons. The summed E-state index contributed by atoms with van der Waals surface area (Å²) in [5.74, 6) is -0.0590. The highest BCUT2D eigenvalue weighted by Crippen LogP contribution is 2.17. The molecular weight excluding hydrogens is 252 g/mol. The molecule has 0 saturated heterocycles. The van der Waals surface area contributed by atoms with Crippen molar-refractivity contribution < 1.29 is 4.79 Å². The molecule has 0 fully saturated rings. The first-order valence-corrected chi connectivity index (χ1v) is 6.97. The molecule has 0 saturated carbocycles. The minimum atomic E-state index is -0.0590.